The van der Waals surface area contributed by atoms with Gasteiger partial charge in [-0.15, -0.1) is 22.6 Å². The molecule has 130 valence electrons. The number of nitrogens with zero attached hydrogens (tertiary/aromatic N) is 5. The summed E-state index contributed by atoms with van der Waals surface area (Å²) in [7, 11) is 0. The number of halogens is 1. The maximum Gasteiger partial charge on any atom is 0.147 e. The fourth-order valence-electron chi connectivity index (χ4n) is 3.67. The summed E-state index contributed by atoms with van der Waals surface area (Å²) in [6.45, 7) is 8.31. The first kappa shape index (κ1) is 17.3. The number of hydrogen-bond donors (Lipinski definition) is 1. The van der Waals surface area contributed by atoms with E-state index in [4.69, 9.17) is 0 Å². The topological polar surface area (TPSA) is 58.9 Å². The SMILES string of the molecule is Cc1ccncc1CN1CCC(c2nnc3n2CCNC3)CC1.Cl. The van der Waals surface area contributed by atoms with Crippen molar-refractivity contribution in [1.82, 2.24) is 30.0 Å². The molecule has 4 rings (SSSR count). The molecular formula is C17H25ClN6. The molecule has 2 aromatic rings. The van der Waals surface area contributed by atoms with E-state index in [2.05, 4.69) is 43.0 Å². The smallest absolute Gasteiger partial charge is 0.147 e. The van der Waals surface area contributed by atoms with Crippen LogP contribution in [0.1, 0.15) is 41.5 Å². The molecule has 1 N–H and O–H groups in total. The summed E-state index contributed by atoms with van der Waals surface area (Å²) in [5, 5.41) is 12.2. The van der Waals surface area contributed by atoms with Crippen LogP contribution in [0.4, 0.5) is 0 Å². The summed E-state index contributed by atoms with van der Waals surface area (Å²) >= 11 is 0. The van der Waals surface area contributed by atoms with Crippen LogP contribution in [-0.2, 0) is 19.6 Å². The Bertz CT molecular complexity index is 677. The van der Waals surface area contributed by atoms with Crippen LogP contribution in [0.25, 0.3) is 0 Å². The van der Waals surface area contributed by atoms with Crippen molar-refractivity contribution in [2.24, 2.45) is 0 Å². The first-order chi connectivity index (χ1) is 11.3. The monoisotopic (exact) mass is 348 g/mol. The van der Waals surface area contributed by atoms with Gasteiger partial charge in [-0.3, -0.25) is 9.88 Å². The van der Waals surface area contributed by atoms with E-state index in [1.54, 1.807) is 0 Å². The van der Waals surface area contributed by atoms with E-state index in [9.17, 15) is 0 Å². The maximum absolute atomic E-state index is 4.49. The lowest BCUT2D eigenvalue weighted by molar-refractivity contribution is 0.199. The second-order valence-electron chi connectivity index (χ2n) is 6.66. The molecule has 0 aromatic carbocycles. The minimum absolute atomic E-state index is 0. The molecule has 0 amide bonds. The molecule has 0 radical (unpaired) electrons. The third-order valence-corrected chi connectivity index (χ3v) is 5.15. The van der Waals surface area contributed by atoms with E-state index in [0.717, 1.165) is 45.1 Å². The molecule has 1 fully saturated rings. The van der Waals surface area contributed by atoms with E-state index < -0.39 is 0 Å². The van der Waals surface area contributed by atoms with Crippen molar-refractivity contribution in [2.45, 2.75) is 45.3 Å². The maximum atomic E-state index is 4.49. The molecule has 0 bridgehead atoms. The van der Waals surface area contributed by atoms with Crippen molar-refractivity contribution in [2.75, 3.05) is 19.6 Å². The number of hydrogen-bond acceptors (Lipinski definition) is 5. The summed E-state index contributed by atoms with van der Waals surface area (Å²) in [5.74, 6) is 2.86. The number of nitrogens with one attached hydrogen (secondary N) is 1. The first-order valence-electron chi connectivity index (χ1n) is 8.56. The normalized spacial score (nSPS) is 18.9. The zero-order valence-corrected chi connectivity index (χ0v) is 14.9. The van der Waals surface area contributed by atoms with E-state index in [1.807, 2.05) is 12.4 Å². The van der Waals surface area contributed by atoms with Crippen LogP contribution in [0.15, 0.2) is 18.5 Å². The Kier molecular flexibility index (Phi) is 5.48. The summed E-state index contributed by atoms with van der Waals surface area (Å²) < 4.78 is 2.34. The molecule has 0 unspecified atom stereocenters. The number of aryl methyl sites for hydroxylation is 1. The Morgan fingerprint density at radius 1 is 1.21 bits per heavy atom. The van der Waals surface area contributed by atoms with Crippen molar-refractivity contribution in [3.63, 3.8) is 0 Å². The fourth-order valence-corrected chi connectivity index (χ4v) is 3.67. The number of pyridine rings is 1. The number of likely N-dealkylation sites (tertiary alicyclic amines) is 1. The second kappa shape index (κ2) is 7.59. The summed E-state index contributed by atoms with van der Waals surface area (Å²) in [5.41, 5.74) is 2.68. The molecule has 24 heavy (non-hydrogen) atoms. The van der Waals surface area contributed by atoms with Crippen molar-refractivity contribution in [1.29, 1.82) is 0 Å². The van der Waals surface area contributed by atoms with Crippen LogP contribution in [0.5, 0.6) is 0 Å². The lowest BCUT2D eigenvalue weighted by Gasteiger charge is -2.32. The number of piperidine rings is 1. The van der Waals surface area contributed by atoms with Crippen molar-refractivity contribution in [3.05, 3.63) is 41.2 Å². The Balaban J connectivity index is 0.00000169. The van der Waals surface area contributed by atoms with E-state index in [0.29, 0.717) is 5.92 Å². The molecule has 6 nitrogen and oxygen atoms in total. The van der Waals surface area contributed by atoms with Crippen molar-refractivity contribution in [3.8, 4) is 0 Å². The van der Waals surface area contributed by atoms with E-state index in [-0.39, 0.29) is 12.4 Å². The van der Waals surface area contributed by atoms with Gasteiger partial charge in [-0.2, -0.15) is 0 Å². The van der Waals surface area contributed by atoms with Crippen LogP contribution in [0.3, 0.4) is 0 Å². The minimum Gasteiger partial charge on any atom is -0.312 e. The zero-order chi connectivity index (χ0) is 15.6. The quantitative estimate of drug-likeness (QED) is 0.917. The molecule has 0 saturated carbocycles. The van der Waals surface area contributed by atoms with Crippen LogP contribution in [0.2, 0.25) is 0 Å². The Morgan fingerprint density at radius 2 is 2.04 bits per heavy atom. The predicted molar refractivity (Wildman–Crippen MR) is 95.2 cm³/mol. The van der Waals surface area contributed by atoms with Gasteiger partial charge in [0.05, 0.1) is 6.54 Å². The Morgan fingerprint density at radius 3 is 2.83 bits per heavy atom. The van der Waals surface area contributed by atoms with Crippen LogP contribution in [0, 0.1) is 6.92 Å². The van der Waals surface area contributed by atoms with Gasteiger partial charge in [0.25, 0.3) is 0 Å². The zero-order valence-electron chi connectivity index (χ0n) is 14.1. The number of rotatable bonds is 3. The van der Waals surface area contributed by atoms with Gasteiger partial charge in [0.2, 0.25) is 0 Å². The molecule has 7 heteroatoms. The molecule has 2 aliphatic heterocycles. The van der Waals surface area contributed by atoms with Crippen molar-refractivity contribution >= 4 is 12.4 Å². The van der Waals surface area contributed by atoms with Gasteiger partial charge in [-0.1, -0.05) is 0 Å². The third-order valence-electron chi connectivity index (χ3n) is 5.15. The summed E-state index contributed by atoms with van der Waals surface area (Å²) in [6.07, 6.45) is 6.22. The lowest BCUT2D eigenvalue weighted by Crippen LogP contribution is -2.35. The number of aromatic nitrogens is 4. The highest BCUT2D eigenvalue weighted by Gasteiger charge is 2.27. The molecule has 2 aliphatic rings. The lowest BCUT2D eigenvalue weighted by atomic mass is 9.95. The van der Waals surface area contributed by atoms with E-state index in [1.165, 1.54) is 29.8 Å². The van der Waals surface area contributed by atoms with Crippen LogP contribution < -0.4 is 5.32 Å². The molecule has 0 atom stereocenters. The van der Waals surface area contributed by atoms with Gasteiger partial charge < -0.3 is 9.88 Å². The molecule has 2 aromatic heterocycles. The highest BCUT2D eigenvalue weighted by Crippen LogP contribution is 2.28. The fraction of sp³-hybridized carbons (Fsp3) is 0.588. The average molecular weight is 349 g/mol. The summed E-state index contributed by atoms with van der Waals surface area (Å²) in [4.78, 5) is 6.80. The highest BCUT2D eigenvalue weighted by molar-refractivity contribution is 5.85. The standard InChI is InChI=1S/C17H24N6.ClH/c1-13-2-5-18-10-15(13)12-22-7-3-14(4-8-22)17-21-20-16-11-19-6-9-23(16)17;/h2,5,10,14,19H,3-4,6-9,11-12H2,1H3;1H. The van der Waals surface area contributed by atoms with Gasteiger partial charge >= 0.3 is 0 Å². The Hall–Kier alpha value is -1.50. The molecule has 0 aliphatic carbocycles. The molecule has 0 spiro atoms. The largest absolute Gasteiger partial charge is 0.312 e. The predicted octanol–water partition coefficient (Wildman–Crippen LogP) is 1.89. The van der Waals surface area contributed by atoms with Crippen LogP contribution >= 0.6 is 12.4 Å². The van der Waals surface area contributed by atoms with Gasteiger partial charge in [0.15, 0.2) is 0 Å². The van der Waals surface area contributed by atoms with E-state index >= 15 is 0 Å². The third kappa shape index (κ3) is 3.45. The molecule has 1 saturated heterocycles. The first-order valence-corrected chi connectivity index (χ1v) is 8.56. The van der Waals surface area contributed by atoms with Crippen LogP contribution in [-0.4, -0.2) is 44.3 Å². The average Bonchev–Trinajstić information content (AvgIpc) is 3.02. The summed E-state index contributed by atoms with van der Waals surface area (Å²) in [6, 6.07) is 2.10. The van der Waals surface area contributed by atoms with Gasteiger partial charge in [-0.05, 0) is 50.0 Å². The minimum atomic E-state index is 0. The van der Waals surface area contributed by atoms with Gasteiger partial charge in [0, 0.05) is 37.9 Å². The molecule has 4 heterocycles. The molecular weight excluding hydrogens is 324 g/mol. The second-order valence-corrected chi connectivity index (χ2v) is 6.66. The Labute approximate surface area is 149 Å². The highest BCUT2D eigenvalue weighted by atomic mass is 35.5. The van der Waals surface area contributed by atoms with Gasteiger partial charge in [0.1, 0.15) is 11.6 Å². The van der Waals surface area contributed by atoms with Crippen molar-refractivity contribution < 1.29 is 0 Å². The number of fused-ring (bicyclic) bond motifs is 1. The van der Waals surface area contributed by atoms with Gasteiger partial charge in [-0.25, -0.2) is 0 Å².